The van der Waals surface area contributed by atoms with Crippen molar-refractivity contribution >= 4 is 11.6 Å². The fraction of sp³-hybridized carbons (Fsp3) is 0.353. The lowest BCUT2D eigenvalue weighted by molar-refractivity contribution is -0.117. The molecule has 1 aliphatic heterocycles. The summed E-state index contributed by atoms with van der Waals surface area (Å²) in [6, 6.07) is 9.79. The molecule has 0 bridgehead atoms. The van der Waals surface area contributed by atoms with Crippen LogP contribution >= 0.6 is 0 Å². The summed E-state index contributed by atoms with van der Waals surface area (Å²) in [7, 11) is 0. The van der Waals surface area contributed by atoms with Crippen LogP contribution in [0.3, 0.4) is 0 Å². The Morgan fingerprint density at radius 2 is 1.82 bits per heavy atom. The fourth-order valence-corrected chi connectivity index (χ4v) is 2.69. The molecule has 1 amide bonds. The lowest BCUT2D eigenvalue weighted by atomic mass is 9.94. The molecule has 0 saturated carbocycles. The van der Waals surface area contributed by atoms with Crippen molar-refractivity contribution in [1.82, 2.24) is 15.3 Å². The van der Waals surface area contributed by atoms with Crippen LogP contribution in [0, 0.1) is 5.92 Å². The zero-order valence-electron chi connectivity index (χ0n) is 12.5. The number of rotatable bonds is 4. The quantitative estimate of drug-likeness (QED) is 0.909. The topological polar surface area (TPSA) is 66.9 Å². The molecule has 5 heteroatoms. The molecule has 0 unspecified atom stereocenters. The molecule has 1 aromatic carbocycles. The lowest BCUT2D eigenvalue weighted by Crippen LogP contribution is -2.30. The maximum atomic E-state index is 12.0. The van der Waals surface area contributed by atoms with Crippen LogP contribution in [0.4, 0.5) is 5.69 Å². The van der Waals surface area contributed by atoms with E-state index in [-0.39, 0.29) is 5.91 Å². The second kappa shape index (κ2) is 7.13. The third-order valence-electron chi connectivity index (χ3n) is 3.90. The van der Waals surface area contributed by atoms with Crippen LogP contribution in [-0.4, -0.2) is 29.0 Å². The van der Waals surface area contributed by atoms with E-state index < -0.39 is 0 Å². The van der Waals surface area contributed by atoms with Crippen LogP contribution in [0.15, 0.2) is 42.7 Å². The van der Waals surface area contributed by atoms with Gasteiger partial charge in [-0.2, -0.15) is 0 Å². The van der Waals surface area contributed by atoms with Crippen LogP contribution in [0.2, 0.25) is 0 Å². The Bertz CT molecular complexity index is 606. The molecule has 2 N–H and O–H groups in total. The van der Waals surface area contributed by atoms with Gasteiger partial charge < -0.3 is 10.6 Å². The molecule has 3 rings (SSSR count). The SMILES string of the molecule is O=C(CC1CCNCC1)Nc1cnc(-c2ccccc2)nc1. The van der Waals surface area contributed by atoms with Gasteiger partial charge in [0, 0.05) is 12.0 Å². The lowest BCUT2D eigenvalue weighted by Gasteiger charge is -2.21. The van der Waals surface area contributed by atoms with Crippen molar-refractivity contribution in [2.75, 3.05) is 18.4 Å². The van der Waals surface area contributed by atoms with E-state index >= 15 is 0 Å². The Balaban J connectivity index is 1.57. The Morgan fingerprint density at radius 1 is 1.14 bits per heavy atom. The second-order valence-electron chi connectivity index (χ2n) is 5.61. The number of amides is 1. The third-order valence-corrected chi connectivity index (χ3v) is 3.90. The summed E-state index contributed by atoms with van der Waals surface area (Å²) in [5.41, 5.74) is 1.62. The van der Waals surface area contributed by atoms with Gasteiger partial charge in [-0.05, 0) is 31.8 Å². The van der Waals surface area contributed by atoms with Crippen LogP contribution in [0.1, 0.15) is 19.3 Å². The Morgan fingerprint density at radius 3 is 2.50 bits per heavy atom. The van der Waals surface area contributed by atoms with Gasteiger partial charge in [-0.3, -0.25) is 4.79 Å². The van der Waals surface area contributed by atoms with Crippen LogP contribution in [0.25, 0.3) is 11.4 Å². The molecule has 2 aromatic rings. The zero-order valence-corrected chi connectivity index (χ0v) is 12.5. The van der Waals surface area contributed by atoms with E-state index in [0.29, 0.717) is 23.9 Å². The maximum absolute atomic E-state index is 12.0. The predicted octanol–water partition coefficient (Wildman–Crippen LogP) is 2.47. The highest BCUT2D eigenvalue weighted by Crippen LogP contribution is 2.18. The summed E-state index contributed by atoms with van der Waals surface area (Å²) >= 11 is 0. The van der Waals surface area contributed by atoms with Gasteiger partial charge in [0.2, 0.25) is 5.91 Å². The molecule has 0 spiro atoms. The zero-order chi connectivity index (χ0) is 15.2. The Kier molecular flexibility index (Phi) is 4.75. The van der Waals surface area contributed by atoms with Crippen LogP contribution < -0.4 is 10.6 Å². The number of carbonyl (C=O) groups is 1. The molecule has 0 radical (unpaired) electrons. The van der Waals surface area contributed by atoms with Crippen molar-refractivity contribution in [2.24, 2.45) is 5.92 Å². The monoisotopic (exact) mass is 296 g/mol. The Hall–Kier alpha value is -2.27. The van der Waals surface area contributed by atoms with Crippen molar-refractivity contribution in [3.63, 3.8) is 0 Å². The molecule has 2 heterocycles. The molecular formula is C17H20N4O. The van der Waals surface area contributed by atoms with E-state index in [0.717, 1.165) is 31.5 Å². The van der Waals surface area contributed by atoms with Crippen molar-refractivity contribution in [3.8, 4) is 11.4 Å². The van der Waals surface area contributed by atoms with Crippen LogP contribution in [-0.2, 0) is 4.79 Å². The van der Waals surface area contributed by atoms with Gasteiger partial charge in [0.1, 0.15) is 0 Å². The van der Waals surface area contributed by atoms with E-state index in [1.165, 1.54) is 0 Å². The van der Waals surface area contributed by atoms with Crippen molar-refractivity contribution in [2.45, 2.75) is 19.3 Å². The van der Waals surface area contributed by atoms with E-state index in [2.05, 4.69) is 20.6 Å². The van der Waals surface area contributed by atoms with E-state index in [1.807, 2.05) is 30.3 Å². The normalized spacial score (nSPS) is 15.5. The summed E-state index contributed by atoms with van der Waals surface area (Å²) in [6.07, 6.45) is 6.03. The molecular weight excluding hydrogens is 276 g/mol. The Labute approximate surface area is 130 Å². The molecule has 1 aromatic heterocycles. The average Bonchev–Trinajstić information content (AvgIpc) is 2.57. The first kappa shape index (κ1) is 14.7. The molecule has 1 aliphatic rings. The minimum Gasteiger partial charge on any atom is -0.323 e. The summed E-state index contributed by atoms with van der Waals surface area (Å²) < 4.78 is 0. The number of carbonyl (C=O) groups excluding carboxylic acids is 1. The minimum absolute atomic E-state index is 0.0444. The van der Waals surface area contributed by atoms with Gasteiger partial charge in [-0.15, -0.1) is 0 Å². The highest BCUT2D eigenvalue weighted by molar-refractivity contribution is 5.90. The third kappa shape index (κ3) is 3.89. The van der Waals surface area contributed by atoms with Gasteiger partial charge in [0.05, 0.1) is 18.1 Å². The van der Waals surface area contributed by atoms with Gasteiger partial charge in [-0.1, -0.05) is 30.3 Å². The second-order valence-corrected chi connectivity index (χ2v) is 5.61. The van der Waals surface area contributed by atoms with E-state index in [1.54, 1.807) is 12.4 Å². The van der Waals surface area contributed by atoms with Gasteiger partial charge in [-0.25, -0.2) is 9.97 Å². The molecule has 22 heavy (non-hydrogen) atoms. The maximum Gasteiger partial charge on any atom is 0.224 e. The highest BCUT2D eigenvalue weighted by Gasteiger charge is 2.16. The number of nitrogens with zero attached hydrogens (tertiary/aromatic N) is 2. The number of piperidine rings is 1. The average molecular weight is 296 g/mol. The molecule has 1 fully saturated rings. The fourth-order valence-electron chi connectivity index (χ4n) is 2.69. The number of anilines is 1. The predicted molar refractivity (Wildman–Crippen MR) is 86.3 cm³/mol. The number of hydrogen-bond donors (Lipinski definition) is 2. The van der Waals surface area contributed by atoms with Gasteiger partial charge in [0.15, 0.2) is 5.82 Å². The number of aromatic nitrogens is 2. The molecule has 0 atom stereocenters. The van der Waals surface area contributed by atoms with Crippen LogP contribution in [0.5, 0.6) is 0 Å². The molecule has 0 aliphatic carbocycles. The summed E-state index contributed by atoms with van der Waals surface area (Å²) in [4.78, 5) is 20.7. The number of nitrogens with one attached hydrogen (secondary N) is 2. The minimum atomic E-state index is 0.0444. The number of benzene rings is 1. The molecule has 5 nitrogen and oxygen atoms in total. The summed E-state index contributed by atoms with van der Waals surface area (Å²) in [6.45, 7) is 2.01. The molecule has 1 saturated heterocycles. The van der Waals surface area contributed by atoms with Gasteiger partial charge >= 0.3 is 0 Å². The summed E-state index contributed by atoms with van der Waals surface area (Å²) in [5, 5.41) is 6.19. The largest absolute Gasteiger partial charge is 0.323 e. The van der Waals surface area contributed by atoms with E-state index in [9.17, 15) is 4.79 Å². The standard InChI is InChI=1S/C17H20N4O/c22-16(10-13-6-8-18-9-7-13)21-15-11-19-17(20-12-15)14-4-2-1-3-5-14/h1-5,11-13,18H,6-10H2,(H,21,22). The van der Waals surface area contributed by atoms with E-state index in [4.69, 9.17) is 0 Å². The number of hydrogen-bond acceptors (Lipinski definition) is 4. The van der Waals surface area contributed by atoms with Crippen molar-refractivity contribution in [1.29, 1.82) is 0 Å². The summed E-state index contributed by atoms with van der Waals surface area (Å²) in [5.74, 6) is 1.19. The smallest absolute Gasteiger partial charge is 0.224 e. The highest BCUT2D eigenvalue weighted by atomic mass is 16.1. The first-order valence-electron chi connectivity index (χ1n) is 7.69. The van der Waals surface area contributed by atoms with Crippen molar-refractivity contribution in [3.05, 3.63) is 42.7 Å². The first-order valence-corrected chi connectivity index (χ1v) is 7.69. The van der Waals surface area contributed by atoms with Gasteiger partial charge in [0.25, 0.3) is 0 Å². The van der Waals surface area contributed by atoms with Crippen molar-refractivity contribution < 1.29 is 4.79 Å². The first-order chi connectivity index (χ1) is 10.8. The molecule has 114 valence electrons.